The molecule has 7 heteroatoms. The van der Waals surface area contributed by atoms with Crippen molar-refractivity contribution in [3.8, 4) is 11.3 Å². The fourth-order valence-electron chi connectivity index (χ4n) is 1.78. The Morgan fingerprint density at radius 3 is 2.35 bits per heavy atom. The first-order valence-electron chi connectivity index (χ1n) is 5.74. The Hall–Kier alpha value is -2.31. The Labute approximate surface area is 111 Å². The molecule has 2 rings (SSSR count). The van der Waals surface area contributed by atoms with E-state index in [0.717, 1.165) is 12.0 Å². The zero-order chi connectivity index (χ0) is 14.9. The average Bonchev–Trinajstić information content (AvgIpc) is 2.83. The van der Waals surface area contributed by atoms with Crippen molar-refractivity contribution >= 4 is 5.97 Å². The first-order chi connectivity index (χ1) is 9.34. The van der Waals surface area contributed by atoms with Crippen molar-refractivity contribution in [2.75, 3.05) is 0 Å². The number of benzene rings is 1. The molecular weight excluding hydrogens is 275 g/mol. The van der Waals surface area contributed by atoms with Crippen LogP contribution in [0, 0.1) is 0 Å². The van der Waals surface area contributed by atoms with Gasteiger partial charge in [0.2, 0.25) is 0 Å². The van der Waals surface area contributed by atoms with Gasteiger partial charge >= 0.3 is 12.1 Å². The lowest BCUT2D eigenvalue weighted by Gasteiger charge is -2.03. The summed E-state index contributed by atoms with van der Waals surface area (Å²) in [5, 5.41) is 12.2. The van der Waals surface area contributed by atoms with Crippen molar-refractivity contribution in [1.29, 1.82) is 0 Å². The van der Waals surface area contributed by atoms with Crippen LogP contribution in [0.2, 0.25) is 0 Å². The van der Waals surface area contributed by atoms with Gasteiger partial charge in [0.25, 0.3) is 5.76 Å². The number of halogens is 3. The molecule has 0 spiro atoms. The molecule has 0 atom stereocenters. The molecule has 0 radical (unpaired) electrons. The highest BCUT2D eigenvalue weighted by Crippen LogP contribution is 2.36. The van der Waals surface area contributed by atoms with Gasteiger partial charge in [-0.25, -0.2) is 4.79 Å². The van der Waals surface area contributed by atoms with Crippen LogP contribution in [0.25, 0.3) is 11.3 Å². The number of alkyl halides is 3. The van der Waals surface area contributed by atoms with Gasteiger partial charge in [-0.2, -0.15) is 13.2 Å². The van der Waals surface area contributed by atoms with Crippen molar-refractivity contribution in [3.63, 3.8) is 0 Å². The van der Waals surface area contributed by atoms with Gasteiger partial charge in [-0.15, -0.1) is 0 Å². The Morgan fingerprint density at radius 2 is 1.90 bits per heavy atom. The third-order valence-electron chi connectivity index (χ3n) is 2.80. The van der Waals surface area contributed by atoms with E-state index in [1.807, 2.05) is 6.92 Å². The lowest BCUT2D eigenvalue weighted by Crippen LogP contribution is -2.10. The summed E-state index contributed by atoms with van der Waals surface area (Å²) < 4.78 is 42.2. The first kappa shape index (κ1) is 14.1. The van der Waals surface area contributed by atoms with E-state index < -0.39 is 23.5 Å². The fourth-order valence-corrected chi connectivity index (χ4v) is 1.78. The maximum absolute atomic E-state index is 12.7. The van der Waals surface area contributed by atoms with Crippen LogP contribution >= 0.6 is 0 Å². The van der Waals surface area contributed by atoms with Crippen LogP contribution in [0.5, 0.6) is 0 Å². The van der Waals surface area contributed by atoms with Crippen LogP contribution in [-0.2, 0) is 12.6 Å². The van der Waals surface area contributed by atoms with Crippen LogP contribution < -0.4 is 0 Å². The second-order valence-electron chi connectivity index (χ2n) is 4.09. The summed E-state index contributed by atoms with van der Waals surface area (Å²) in [6.07, 6.45) is -4.14. The lowest BCUT2D eigenvalue weighted by molar-refractivity contribution is -0.156. The number of carbonyl (C=O) groups is 1. The van der Waals surface area contributed by atoms with E-state index in [4.69, 9.17) is 5.11 Å². The normalized spacial score (nSPS) is 11.6. The maximum atomic E-state index is 12.7. The number of hydrogen-bond donors (Lipinski definition) is 1. The number of aryl methyl sites for hydroxylation is 1. The summed E-state index contributed by atoms with van der Waals surface area (Å²) in [4.78, 5) is 11.0. The zero-order valence-electron chi connectivity index (χ0n) is 10.4. The van der Waals surface area contributed by atoms with E-state index in [1.165, 1.54) is 12.1 Å². The van der Waals surface area contributed by atoms with Crippen LogP contribution in [0.15, 0.2) is 28.8 Å². The van der Waals surface area contributed by atoms with Gasteiger partial charge in [-0.1, -0.05) is 36.3 Å². The van der Waals surface area contributed by atoms with Crippen LogP contribution in [-0.4, -0.2) is 16.2 Å². The Bertz CT molecular complexity index is 629. The van der Waals surface area contributed by atoms with Crippen molar-refractivity contribution in [2.24, 2.45) is 0 Å². The molecule has 0 aliphatic carbocycles. The monoisotopic (exact) mass is 285 g/mol. The lowest BCUT2D eigenvalue weighted by atomic mass is 10.0. The molecule has 2 aromatic rings. The summed E-state index contributed by atoms with van der Waals surface area (Å²) in [6, 6.07) is 6.43. The van der Waals surface area contributed by atoms with E-state index in [1.54, 1.807) is 12.1 Å². The smallest absolute Gasteiger partial charge is 0.453 e. The van der Waals surface area contributed by atoms with Gasteiger partial charge in [-0.05, 0) is 12.0 Å². The topological polar surface area (TPSA) is 63.3 Å². The number of carboxylic acids is 1. The standard InChI is InChI=1S/C13H10F3NO3/c1-2-7-3-5-8(6-4-7)10-9(12(18)19)11(20-17-10)13(14,15)16/h3-6H,2H2,1H3,(H,18,19). The summed E-state index contributed by atoms with van der Waals surface area (Å²) in [6.45, 7) is 1.93. The zero-order valence-corrected chi connectivity index (χ0v) is 10.4. The largest absolute Gasteiger partial charge is 0.477 e. The summed E-state index contributed by atoms with van der Waals surface area (Å²) in [5.74, 6) is -3.33. The average molecular weight is 285 g/mol. The first-order valence-corrected chi connectivity index (χ1v) is 5.74. The molecule has 20 heavy (non-hydrogen) atoms. The van der Waals surface area contributed by atoms with Gasteiger partial charge < -0.3 is 9.63 Å². The molecule has 0 bridgehead atoms. The molecule has 0 aliphatic rings. The van der Waals surface area contributed by atoms with Crippen LogP contribution in [0.1, 0.15) is 28.6 Å². The predicted octanol–water partition coefficient (Wildman–Crippen LogP) is 3.62. The second kappa shape index (κ2) is 4.99. The molecule has 1 N–H and O–H groups in total. The van der Waals surface area contributed by atoms with E-state index in [9.17, 15) is 18.0 Å². The van der Waals surface area contributed by atoms with Gasteiger partial charge in [0.1, 0.15) is 11.3 Å². The molecule has 1 aromatic carbocycles. The molecule has 0 saturated heterocycles. The number of aromatic nitrogens is 1. The molecule has 1 aromatic heterocycles. The minimum Gasteiger partial charge on any atom is -0.477 e. The molecule has 4 nitrogen and oxygen atoms in total. The predicted molar refractivity (Wildman–Crippen MR) is 63.3 cm³/mol. The van der Waals surface area contributed by atoms with Gasteiger partial charge in [0.05, 0.1) is 0 Å². The molecular formula is C13H10F3NO3. The van der Waals surface area contributed by atoms with Gasteiger partial charge in [0, 0.05) is 5.56 Å². The SMILES string of the molecule is CCc1ccc(-c2noc(C(F)(F)F)c2C(=O)O)cc1. The number of carboxylic acid groups (broad SMARTS) is 1. The number of hydrogen-bond acceptors (Lipinski definition) is 3. The van der Waals surface area contributed by atoms with E-state index in [-0.39, 0.29) is 11.3 Å². The third kappa shape index (κ3) is 2.52. The van der Waals surface area contributed by atoms with Crippen LogP contribution in [0.4, 0.5) is 13.2 Å². The molecule has 106 valence electrons. The summed E-state index contributed by atoms with van der Waals surface area (Å²) >= 11 is 0. The van der Waals surface area contributed by atoms with Crippen molar-refractivity contribution in [3.05, 3.63) is 41.2 Å². The quantitative estimate of drug-likeness (QED) is 0.935. The molecule has 0 aliphatic heterocycles. The Kier molecular flexibility index (Phi) is 3.52. The Morgan fingerprint density at radius 1 is 1.30 bits per heavy atom. The molecule has 0 amide bonds. The van der Waals surface area contributed by atoms with Gasteiger partial charge in [-0.3, -0.25) is 0 Å². The molecule has 1 heterocycles. The van der Waals surface area contributed by atoms with Gasteiger partial charge in [0.15, 0.2) is 0 Å². The minimum atomic E-state index is -4.90. The van der Waals surface area contributed by atoms with E-state index >= 15 is 0 Å². The van der Waals surface area contributed by atoms with E-state index in [2.05, 4.69) is 9.68 Å². The van der Waals surface area contributed by atoms with Crippen molar-refractivity contribution in [1.82, 2.24) is 5.16 Å². The van der Waals surface area contributed by atoms with Crippen LogP contribution in [0.3, 0.4) is 0 Å². The third-order valence-corrected chi connectivity index (χ3v) is 2.80. The highest BCUT2D eigenvalue weighted by atomic mass is 19.4. The Balaban J connectivity index is 2.56. The molecule has 0 saturated carbocycles. The summed E-state index contributed by atoms with van der Waals surface area (Å²) in [5.41, 5.74) is -0.0572. The number of rotatable bonds is 3. The number of aromatic carboxylic acids is 1. The van der Waals surface area contributed by atoms with Crippen molar-refractivity contribution in [2.45, 2.75) is 19.5 Å². The number of nitrogens with zero attached hydrogens (tertiary/aromatic N) is 1. The summed E-state index contributed by atoms with van der Waals surface area (Å²) in [7, 11) is 0. The fraction of sp³-hybridized carbons (Fsp3) is 0.231. The highest BCUT2D eigenvalue weighted by Gasteiger charge is 2.43. The van der Waals surface area contributed by atoms with E-state index in [0.29, 0.717) is 0 Å². The molecule has 0 unspecified atom stereocenters. The maximum Gasteiger partial charge on any atom is 0.453 e. The second-order valence-corrected chi connectivity index (χ2v) is 4.09. The highest BCUT2D eigenvalue weighted by molar-refractivity contribution is 5.96. The minimum absolute atomic E-state index is 0.263. The van der Waals surface area contributed by atoms with Crippen molar-refractivity contribution < 1.29 is 27.6 Å². The molecule has 0 fully saturated rings.